The molecule has 10 heteroatoms. The fourth-order valence-electron chi connectivity index (χ4n) is 5.35. The zero-order chi connectivity index (χ0) is 32.4. The molecule has 1 atom stereocenters. The summed E-state index contributed by atoms with van der Waals surface area (Å²) in [5, 5.41) is 5.73. The summed E-state index contributed by atoms with van der Waals surface area (Å²) < 4.78 is 16.1. The highest BCUT2D eigenvalue weighted by molar-refractivity contribution is 5.80. The van der Waals surface area contributed by atoms with Crippen LogP contribution in [0.25, 0.3) is 11.1 Å². The lowest BCUT2D eigenvalue weighted by atomic mass is 9.94. The molecule has 45 heavy (non-hydrogen) atoms. The van der Waals surface area contributed by atoms with Crippen LogP contribution in [0.4, 0.5) is 4.79 Å². The van der Waals surface area contributed by atoms with Crippen LogP contribution in [0.5, 0.6) is 0 Å². The van der Waals surface area contributed by atoms with E-state index < -0.39 is 6.09 Å². The Morgan fingerprint density at radius 1 is 0.844 bits per heavy atom. The Kier molecular flexibility index (Phi) is 15.1. The summed E-state index contributed by atoms with van der Waals surface area (Å²) in [5.41, 5.74) is 11.9. The van der Waals surface area contributed by atoms with Crippen LogP contribution in [0, 0.1) is 0 Å². The van der Waals surface area contributed by atoms with Crippen molar-refractivity contribution in [1.29, 1.82) is 0 Å². The number of fused-ring (bicyclic) bond motifs is 3. The van der Waals surface area contributed by atoms with E-state index in [1.807, 2.05) is 0 Å². The van der Waals surface area contributed by atoms with Crippen LogP contribution in [-0.2, 0) is 41.4 Å². The Balaban J connectivity index is 1.53. The Bertz CT molecular complexity index is 1310. The number of unbranched alkanes of at least 4 members (excludes halogenated alkanes) is 1. The van der Waals surface area contributed by atoms with Crippen molar-refractivity contribution in [1.82, 2.24) is 10.6 Å². The van der Waals surface area contributed by atoms with E-state index in [1.165, 1.54) is 0 Å². The van der Waals surface area contributed by atoms with Crippen molar-refractivity contribution in [2.75, 3.05) is 39.5 Å². The summed E-state index contributed by atoms with van der Waals surface area (Å²) in [4.78, 5) is 46.4. The first-order valence-corrected chi connectivity index (χ1v) is 15.9. The third-order valence-corrected chi connectivity index (χ3v) is 7.66. The van der Waals surface area contributed by atoms with E-state index in [9.17, 15) is 19.2 Å². The van der Waals surface area contributed by atoms with Gasteiger partial charge in [-0.15, -0.1) is 0 Å². The van der Waals surface area contributed by atoms with E-state index in [0.29, 0.717) is 51.1 Å². The lowest BCUT2D eigenvalue weighted by Crippen LogP contribution is -2.27. The minimum atomic E-state index is -0.816. The molecule has 10 nitrogen and oxygen atoms in total. The molecule has 3 amide bonds. The molecule has 1 aliphatic carbocycles. The van der Waals surface area contributed by atoms with Crippen LogP contribution in [0.3, 0.4) is 0 Å². The van der Waals surface area contributed by atoms with E-state index in [1.54, 1.807) is 0 Å². The molecule has 4 N–H and O–H groups in total. The molecule has 0 radical (unpaired) electrons. The molecule has 2 aromatic carbocycles. The van der Waals surface area contributed by atoms with Gasteiger partial charge in [-0.2, -0.15) is 0 Å². The molecule has 244 valence electrons. The third-order valence-electron chi connectivity index (χ3n) is 7.66. The predicted octanol–water partition coefficient (Wildman–Crippen LogP) is 4.71. The SMILES string of the molecule is C=C(CC=O)OCCNC(=O)CCCc1ccc2c(c1)C(COC(N)=O)c1cc(CCCC(=O)NCCOCCCC)ccc1-2. The average molecular weight is 622 g/mol. The van der Waals surface area contributed by atoms with Crippen LogP contribution in [0.2, 0.25) is 0 Å². The standard InChI is InChI=1S/C35H47N3O7/c1-3-4-19-43-20-16-37-33(40)9-5-7-26-11-13-28-29-14-12-27(23-31(29)32(30(28)22-26)24-45-35(36)42)8-6-10-34(41)38-17-21-44-25(2)15-18-39/h11-14,18,22-23,32H,2-10,15-17,19-21,24H2,1H3,(H2,36,42)(H,37,40)(H,38,41). The largest absolute Gasteiger partial charge is 0.496 e. The minimum Gasteiger partial charge on any atom is -0.496 e. The monoisotopic (exact) mass is 621 g/mol. The second-order valence-electron chi connectivity index (χ2n) is 11.2. The number of nitrogens with one attached hydrogen (secondary N) is 2. The maximum absolute atomic E-state index is 12.2. The van der Waals surface area contributed by atoms with Gasteiger partial charge < -0.3 is 35.4 Å². The molecule has 0 fully saturated rings. The van der Waals surface area contributed by atoms with Crippen molar-refractivity contribution < 1.29 is 33.4 Å². The topological polar surface area (TPSA) is 146 Å². The normalized spacial score (nSPS) is 13.0. The number of hydrogen-bond donors (Lipinski definition) is 3. The second-order valence-corrected chi connectivity index (χ2v) is 11.2. The van der Waals surface area contributed by atoms with Gasteiger partial charge in [0.15, 0.2) is 0 Å². The number of aldehydes is 1. The highest BCUT2D eigenvalue weighted by atomic mass is 16.5. The molecule has 0 spiro atoms. The number of ether oxygens (including phenoxy) is 3. The first-order valence-electron chi connectivity index (χ1n) is 15.9. The molecule has 0 heterocycles. The van der Waals surface area contributed by atoms with Gasteiger partial charge in [-0.1, -0.05) is 56.3 Å². The molecule has 0 saturated heterocycles. The van der Waals surface area contributed by atoms with Crippen LogP contribution in [-0.4, -0.2) is 63.7 Å². The van der Waals surface area contributed by atoms with E-state index in [-0.39, 0.29) is 37.4 Å². The molecular weight excluding hydrogens is 574 g/mol. The van der Waals surface area contributed by atoms with Crippen molar-refractivity contribution in [2.45, 2.75) is 70.6 Å². The molecule has 3 rings (SSSR count). The maximum atomic E-state index is 12.2. The fraction of sp³-hybridized carbons (Fsp3) is 0.486. The maximum Gasteiger partial charge on any atom is 0.404 e. The highest BCUT2D eigenvalue weighted by Crippen LogP contribution is 2.46. The second kappa shape index (κ2) is 19.3. The van der Waals surface area contributed by atoms with Gasteiger partial charge in [-0.3, -0.25) is 9.59 Å². The zero-order valence-electron chi connectivity index (χ0n) is 26.4. The summed E-state index contributed by atoms with van der Waals surface area (Å²) in [5.74, 6) is 0.179. The fourth-order valence-corrected chi connectivity index (χ4v) is 5.35. The number of hydrogen-bond acceptors (Lipinski definition) is 7. The highest BCUT2D eigenvalue weighted by Gasteiger charge is 2.30. The molecular formula is C35H47N3O7. The van der Waals surface area contributed by atoms with Crippen molar-refractivity contribution in [3.05, 3.63) is 71.0 Å². The van der Waals surface area contributed by atoms with Gasteiger partial charge in [0.05, 0.1) is 25.3 Å². The molecule has 1 unspecified atom stereocenters. The number of benzene rings is 2. The van der Waals surface area contributed by atoms with Gasteiger partial charge in [0.1, 0.15) is 19.5 Å². The number of carbonyl (C=O) groups is 4. The molecule has 2 aromatic rings. The van der Waals surface area contributed by atoms with Gasteiger partial charge in [-0.25, -0.2) is 4.79 Å². The first-order chi connectivity index (χ1) is 21.8. The van der Waals surface area contributed by atoms with Crippen LogP contribution in [0.15, 0.2) is 48.7 Å². The molecule has 0 aliphatic heterocycles. The average Bonchev–Trinajstić information content (AvgIpc) is 3.32. The number of nitrogens with two attached hydrogens (primary N) is 1. The Labute approximate surface area is 266 Å². The van der Waals surface area contributed by atoms with E-state index in [2.05, 4.69) is 60.5 Å². The number of aryl methyl sites for hydroxylation is 2. The molecule has 0 aromatic heterocycles. The number of primary amides is 1. The Hall–Kier alpha value is -4.18. The lowest BCUT2D eigenvalue weighted by molar-refractivity contribution is -0.122. The summed E-state index contributed by atoms with van der Waals surface area (Å²) in [7, 11) is 0. The molecule has 1 aliphatic rings. The minimum absolute atomic E-state index is 0.0202. The number of carbonyl (C=O) groups excluding carboxylic acids is 4. The summed E-state index contributed by atoms with van der Waals surface area (Å²) >= 11 is 0. The van der Waals surface area contributed by atoms with Crippen molar-refractivity contribution in [2.24, 2.45) is 5.73 Å². The lowest BCUT2D eigenvalue weighted by Gasteiger charge is -2.15. The Morgan fingerprint density at radius 3 is 1.96 bits per heavy atom. The van der Waals surface area contributed by atoms with Crippen LogP contribution < -0.4 is 16.4 Å². The summed E-state index contributed by atoms with van der Waals surface area (Å²) in [6, 6.07) is 12.6. The number of allylic oxidation sites excluding steroid dienone is 1. The van der Waals surface area contributed by atoms with E-state index >= 15 is 0 Å². The van der Waals surface area contributed by atoms with E-state index in [0.717, 1.165) is 72.0 Å². The Morgan fingerprint density at radius 2 is 1.42 bits per heavy atom. The van der Waals surface area contributed by atoms with Gasteiger partial charge in [0.25, 0.3) is 0 Å². The molecule has 0 bridgehead atoms. The number of rotatable bonds is 22. The predicted molar refractivity (Wildman–Crippen MR) is 173 cm³/mol. The van der Waals surface area contributed by atoms with Crippen LogP contribution >= 0.6 is 0 Å². The van der Waals surface area contributed by atoms with Crippen molar-refractivity contribution >= 4 is 24.2 Å². The van der Waals surface area contributed by atoms with Crippen molar-refractivity contribution in [3.8, 4) is 11.1 Å². The molecule has 0 saturated carbocycles. The number of amides is 3. The van der Waals surface area contributed by atoms with E-state index in [4.69, 9.17) is 19.9 Å². The smallest absolute Gasteiger partial charge is 0.404 e. The van der Waals surface area contributed by atoms with Gasteiger partial charge in [-0.05, 0) is 65.5 Å². The van der Waals surface area contributed by atoms with Crippen molar-refractivity contribution in [3.63, 3.8) is 0 Å². The first kappa shape index (κ1) is 35.3. The zero-order valence-corrected chi connectivity index (χ0v) is 26.4. The van der Waals surface area contributed by atoms with Gasteiger partial charge in [0, 0.05) is 31.9 Å². The van der Waals surface area contributed by atoms with Gasteiger partial charge >= 0.3 is 6.09 Å². The summed E-state index contributed by atoms with van der Waals surface area (Å²) in [6.45, 7) is 8.27. The third kappa shape index (κ3) is 12.0. The quantitative estimate of drug-likeness (QED) is 0.0981. The van der Waals surface area contributed by atoms with Gasteiger partial charge in [0.2, 0.25) is 11.8 Å². The summed E-state index contributed by atoms with van der Waals surface area (Å²) in [6.07, 6.45) is 5.83. The van der Waals surface area contributed by atoms with Crippen LogP contribution in [0.1, 0.15) is 80.0 Å².